The first-order chi connectivity index (χ1) is 9.49. The van der Waals surface area contributed by atoms with Crippen molar-refractivity contribution in [3.8, 4) is 5.75 Å². The lowest BCUT2D eigenvalue weighted by Crippen LogP contribution is -2.62. The highest BCUT2D eigenvalue weighted by atomic mass is 19.1. The normalized spacial score (nSPS) is 22.7. The molecule has 1 aromatic rings. The maximum absolute atomic E-state index is 13.4. The van der Waals surface area contributed by atoms with E-state index in [2.05, 4.69) is 5.32 Å². The molecule has 1 aliphatic heterocycles. The molecule has 0 radical (unpaired) electrons. The quantitative estimate of drug-likeness (QED) is 0.912. The number of carbonyl (C=O) groups excluding carboxylic acids is 2. The van der Waals surface area contributed by atoms with E-state index in [1.165, 1.54) is 30.2 Å². The Balaban J connectivity index is 2.42. The Morgan fingerprint density at radius 3 is 2.70 bits per heavy atom. The largest absolute Gasteiger partial charge is 0.494 e. The minimum atomic E-state index is -0.638. The molecule has 2 atom stereocenters. The van der Waals surface area contributed by atoms with Gasteiger partial charge in [-0.05, 0) is 25.5 Å². The predicted octanol–water partition coefficient (Wildman–Crippen LogP) is 1.46. The number of hydrogen-bond donors (Lipinski definition) is 1. The zero-order chi connectivity index (χ0) is 14.9. The molecule has 1 fully saturated rings. The highest BCUT2D eigenvalue weighted by molar-refractivity contribution is 6.08. The van der Waals surface area contributed by atoms with Crippen molar-refractivity contribution in [2.24, 2.45) is 0 Å². The Morgan fingerprint density at radius 1 is 1.40 bits per heavy atom. The molecule has 5 nitrogen and oxygen atoms in total. The molecular formula is C14H17FN2O3. The van der Waals surface area contributed by atoms with Gasteiger partial charge in [-0.25, -0.2) is 4.39 Å². The van der Waals surface area contributed by atoms with Crippen molar-refractivity contribution in [1.29, 1.82) is 0 Å². The molecule has 2 unspecified atom stereocenters. The van der Waals surface area contributed by atoms with Crippen LogP contribution in [0, 0.1) is 5.82 Å². The van der Waals surface area contributed by atoms with E-state index in [1.807, 2.05) is 6.92 Å². The third-order valence-corrected chi connectivity index (χ3v) is 3.44. The average molecular weight is 280 g/mol. The summed E-state index contributed by atoms with van der Waals surface area (Å²) < 4.78 is 18.4. The van der Waals surface area contributed by atoms with E-state index in [0.29, 0.717) is 12.1 Å². The topological polar surface area (TPSA) is 58.6 Å². The molecule has 108 valence electrons. The van der Waals surface area contributed by atoms with Gasteiger partial charge < -0.3 is 10.1 Å². The van der Waals surface area contributed by atoms with Crippen molar-refractivity contribution >= 4 is 17.5 Å². The first kappa shape index (κ1) is 14.3. The van der Waals surface area contributed by atoms with E-state index in [-0.39, 0.29) is 17.6 Å². The average Bonchev–Trinajstić information content (AvgIpc) is 2.44. The SMILES string of the molecule is CCC1NC(=O)C(C)N(c2ccc(F)c(OC)c2)C1=O. The van der Waals surface area contributed by atoms with Crippen LogP contribution in [0.15, 0.2) is 18.2 Å². The van der Waals surface area contributed by atoms with E-state index in [9.17, 15) is 14.0 Å². The summed E-state index contributed by atoms with van der Waals surface area (Å²) in [7, 11) is 1.35. The van der Waals surface area contributed by atoms with Gasteiger partial charge in [0, 0.05) is 11.8 Å². The summed E-state index contributed by atoms with van der Waals surface area (Å²) in [5, 5.41) is 2.67. The fourth-order valence-electron chi connectivity index (χ4n) is 2.26. The lowest BCUT2D eigenvalue weighted by molar-refractivity contribution is -0.133. The molecule has 2 rings (SSSR count). The third-order valence-electron chi connectivity index (χ3n) is 3.44. The number of carbonyl (C=O) groups is 2. The van der Waals surface area contributed by atoms with Crippen LogP contribution in [0.5, 0.6) is 5.75 Å². The van der Waals surface area contributed by atoms with Gasteiger partial charge in [-0.2, -0.15) is 0 Å². The Hall–Kier alpha value is -2.11. The Morgan fingerprint density at radius 2 is 2.10 bits per heavy atom. The van der Waals surface area contributed by atoms with Gasteiger partial charge >= 0.3 is 0 Å². The monoisotopic (exact) mass is 280 g/mol. The second kappa shape index (κ2) is 5.48. The van der Waals surface area contributed by atoms with Gasteiger partial charge in [0.2, 0.25) is 11.8 Å². The maximum atomic E-state index is 13.4. The number of nitrogens with zero attached hydrogens (tertiary/aromatic N) is 1. The van der Waals surface area contributed by atoms with E-state index < -0.39 is 17.9 Å². The molecule has 1 N–H and O–H groups in total. The van der Waals surface area contributed by atoms with Gasteiger partial charge in [-0.15, -0.1) is 0 Å². The number of rotatable bonds is 3. The van der Waals surface area contributed by atoms with Crippen LogP contribution >= 0.6 is 0 Å². The van der Waals surface area contributed by atoms with Crippen molar-refractivity contribution in [3.05, 3.63) is 24.0 Å². The molecule has 1 aromatic carbocycles. The van der Waals surface area contributed by atoms with Crippen LogP contribution in [0.25, 0.3) is 0 Å². The lowest BCUT2D eigenvalue weighted by atomic mass is 10.1. The molecule has 0 spiro atoms. The van der Waals surface area contributed by atoms with Gasteiger partial charge in [0.05, 0.1) is 7.11 Å². The minimum Gasteiger partial charge on any atom is -0.494 e. The lowest BCUT2D eigenvalue weighted by Gasteiger charge is -2.37. The molecule has 0 aliphatic carbocycles. The van der Waals surface area contributed by atoms with Gasteiger partial charge in [-0.1, -0.05) is 6.92 Å². The van der Waals surface area contributed by atoms with Crippen LogP contribution in [0.2, 0.25) is 0 Å². The number of methoxy groups -OCH3 is 1. The summed E-state index contributed by atoms with van der Waals surface area (Å²) in [5.41, 5.74) is 0.453. The highest BCUT2D eigenvalue weighted by Crippen LogP contribution is 2.28. The number of ether oxygens (including phenoxy) is 1. The van der Waals surface area contributed by atoms with Crippen molar-refractivity contribution in [2.75, 3.05) is 12.0 Å². The van der Waals surface area contributed by atoms with Crippen molar-refractivity contribution < 1.29 is 18.7 Å². The second-order valence-corrected chi connectivity index (χ2v) is 4.67. The number of piperazine rings is 1. The molecule has 2 amide bonds. The number of halogens is 1. The van der Waals surface area contributed by atoms with Crippen molar-refractivity contribution in [2.45, 2.75) is 32.4 Å². The van der Waals surface area contributed by atoms with Gasteiger partial charge in [-0.3, -0.25) is 14.5 Å². The molecule has 0 saturated carbocycles. The number of benzene rings is 1. The van der Waals surface area contributed by atoms with Gasteiger partial charge in [0.15, 0.2) is 11.6 Å². The Labute approximate surface area is 116 Å². The maximum Gasteiger partial charge on any atom is 0.250 e. The van der Waals surface area contributed by atoms with Crippen LogP contribution in [-0.4, -0.2) is 31.0 Å². The molecule has 1 aliphatic rings. The smallest absolute Gasteiger partial charge is 0.250 e. The number of anilines is 1. The summed E-state index contributed by atoms with van der Waals surface area (Å²) in [6, 6.07) is 2.93. The van der Waals surface area contributed by atoms with Crippen LogP contribution < -0.4 is 15.0 Å². The van der Waals surface area contributed by atoms with E-state index >= 15 is 0 Å². The molecule has 1 saturated heterocycles. The summed E-state index contributed by atoms with van der Waals surface area (Å²) >= 11 is 0. The highest BCUT2D eigenvalue weighted by Gasteiger charge is 2.38. The number of amides is 2. The van der Waals surface area contributed by atoms with Crippen LogP contribution in [-0.2, 0) is 9.59 Å². The Bertz CT molecular complexity index is 547. The summed E-state index contributed by atoms with van der Waals surface area (Å²) in [6.45, 7) is 3.46. The molecule has 6 heteroatoms. The second-order valence-electron chi connectivity index (χ2n) is 4.67. The standard InChI is InChI=1S/C14H17FN2O3/c1-4-11-14(19)17(8(2)13(18)16-11)9-5-6-10(15)12(7-9)20-3/h5-8,11H,4H2,1-3H3,(H,16,18). The first-order valence-electron chi connectivity index (χ1n) is 6.46. The van der Waals surface area contributed by atoms with Gasteiger partial charge in [0.25, 0.3) is 0 Å². The summed E-state index contributed by atoms with van der Waals surface area (Å²) in [4.78, 5) is 25.7. The summed E-state index contributed by atoms with van der Waals surface area (Å²) in [6.07, 6.45) is 0.506. The van der Waals surface area contributed by atoms with E-state index in [4.69, 9.17) is 4.74 Å². The molecular weight excluding hydrogens is 263 g/mol. The number of nitrogens with one attached hydrogen (secondary N) is 1. The van der Waals surface area contributed by atoms with Gasteiger partial charge in [0.1, 0.15) is 12.1 Å². The van der Waals surface area contributed by atoms with Crippen LogP contribution in [0.3, 0.4) is 0 Å². The third kappa shape index (κ3) is 2.33. The van der Waals surface area contributed by atoms with Crippen molar-refractivity contribution in [1.82, 2.24) is 5.32 Å². The molecule has 20 heavy (non-hydrogen) atoms. The van der Waals surface area contributed by atoms with Crippen LogP contribution in [0.4, 0.5) is 10.1 Å². The number of hydrogen-bond acceptors (Lipinski definition) is 3. The fourth-order valence-corrected chi connectivity index (χ4v) is 2.26. The van der Waals surface area contributed by atoms with Crippen LogP contribution in [0.1, 0.15) is 20.3 Å². The fraction of sp³-hybridized carbons (Fsp3) is 0.429. The first-order valence-corrected chi connectivity index (χ1v) is 6.46. The van der Waals surface area contributed by atoms with E-state index in [0.717, 1.165) is 0 Å². The zero-order valence-corrected chi connectivity index (χ0v) is 11.6. The molecule has 1 heterocycles. The minimum absolute atomic E-state index is 0.0431. The summed E-state index contributed by atoms with van der Waals surface area (Å²) in [5.74, 6) is -0.889. The molecule has 0 bridgehead atoms. The Kier molecular flexibility index (Phi) is 3.92. The predicted molar refractivity (Wildman–Crippen MR) is 72.1 cm³/mol. The van der Waals surface area contributed by atoms with Crippen molar-refractivity contribution in [3.63, 3.8) is 0 Å². The molecule has 0 aromatic heterocycles. The van der Waals surface area contributed by atoms with E-state index in [1.54, 1.807) is 6.92 Å². The zero-order valence-electron chi connectivity index (χ0n) is 11.6.